The van der Waals surface area contributed by atoms with E-state index in [0.29, 0.717) is 27.5 Å². The van der Waals surface area contributed by atoms with Gasteiger partial charge in [-0.2, -0.15) is 0 Å². The molecule has 0 aliphatic carbocycles. The third-order valence-corrected chi connectivity index (χ3v) is 7.33. The lowest BCUT2D eigenvalue weighted by atomic mass is 10.1. The van der Waals surface area contributed by atoms with Crippen molar-refractivity contribution in [1.82, 2.24) is 5.32 Å². The van der Waals surface area contributed by atoms with E-state index in [1.54, 1.807) is 85.8 Å². The number of amides is 3. The number of nitrogens with one attached hydrogen (secondary N) is 3. The second kappa shape index (κ2) is 14.6. The quantitative estimate of drug-likeness (QED) is 0.0831. The molecule has 0 aliphatic heterocycles. The molecule has 0 saturated heterocycles. The van der Waals surface area contributed by atoms with Crippen LogP contribution in [0.2, 0.25) is 0 Å². The minimum atomic E-state index is -1.32. The fourth-order valence-corrected chi connectivity index (χ4v) is 4.94. The molecule has 224 valence electrons. The van der Waals surface area contributed by atoms with Gasteiger partial charge in [0.1, 0.15) is 22.8 Å². The monoisotopic (exact) mass is 611 g/mol. The normalized spacial score (nSPS) is 11.6. The Morgan fingerprint density at radius 2 is 1.55 bits per heavy atom. The molecule has 0 bridgehead atoms. The highest BCUT2D eigenvalue weighted by atomic mass is 32.2. The number of aromatic hydroxyl groups is 1. The van der Waals surface area contributed by atoms with Crippen LogP contribution in [0.1, 0.15) is 33.2 Å². The van der Waals surface area contributed by atoms with E-state index in [9.17, 15) is 29.4 Å². The summed E-state index contributed by atoms with van der Waals surface area (Å²) in [6.45, 7) is 1.68. The largest absolute Gasteiger partial charge is 0.507 e. The number of thioether (sulfide) groups is 1. The van der Waals surface area contributed by atoms with Crippen LogP contribution in [0, 0.1) is 0 Å². The SMILES string of the molecule is COc1ccccc1/C=C(/NC(=O)c1ccccc1)C(=O)Nc1cccc(SC(C)C(=O)Nc2ccc(O)c(C(=O)O)c2)c1. The number of methoxy groups -OCH3 is 1. The van der Waals surface area contributed by atoms with Gasteiger partial charge < -0.3 is 30.9 Å². The molecule has 4 aromatic carbocycles. The van der Waals surface area contributed by atoms with Gasteiger partial charge in [-0.15, -0.1) is 11.8 Å². The summed E-state index contributed by atoms with van der Waals surface area (Å²) < 4.78 is 5.40. The molecule has 0 heterocycles. The fourth-order valence-electron chi connectivity index (χ4n) is 4.02. The molecule has 0 spiro atoms. The predicted molar refractivity (Wildman–Crippen MR) is 169 cm³/mol. The first-order valence-corrected chi connectivity index (χ1v) is 14.2. The van der Waals surface area contributed by atoms with Crippen molar-refractivity contribution in [2.24, 2.45) is 0 Å². The molecule has 4 aromatic rings. The molecule has 5 N–H and O–H groups in total. The van der Waals surface area contributed by atoms with Gasteiger partial charge in [0, 0.05) is 27.4 Å². The maximum absolute atomic E-state index is 13.5. The van der Waals surface area contributed by atoms with Crippen LogP contribution in [0.5, 0.6) is 11.5 Å². The first-order chi connectivity index (χ1) is 21.1. The van der Waals surface area contributed by atoms with Gasteiger partial charge in [0.2, 0.25) is 5.91 Å². The van der Waals surface area contributed by atoms with Crippen LogP contribution < -0.4 is 20.7 Å². The van der Waals surface area contributed by atoms with Crippen molar-refractivity contribution in [1.29, 1.82) is 0 Å². The van der Waals surface area contributed by atoms with Crippen molar-refractivity contribution < 1.29 is 34.1 Å². The minimum Gasteiger partial charge on any atom is -0.507 e. The molecule has 44 heavy (non-hydrogen) atoms. The number of aromatic carboxylic acids is 1. The van der Waals surface area contributed by atoms with E-state index >= 15 is 0 Å². The number of anilines is 2. The van der Waals surface area contributed by atoms with E-state index < -0.39 is 34.7 Å². The van der Waals surface area contributed by atoms with E-state index in [-0.39, 0.29) is 16.9 Å². The molecule has 1 unspecified atom stereocenters. The van der Waals surface area contributed by atoms with Gasteiger partial charge in [-0.05, 0) is 67.6 Å². The van der Waals surface area contributed by atoms with Crippen molar-refractivity contribution in [3.05, 3.63) is 119 Å². The Morgan fingerprint density at radius 1 is 0.841 bits per heavy atom. The van der Waals surface area contributed by atoms with Crippen molar-refractivity contribution in [3.8, 4) is 11.5 Å². The summed E-state index contributed by atoms with van der Waals surface area (Å²) in [5.74, 6) is -2.64. The van der Waals surface area contributed by atoms with Gasteiger partial charge in [0.25, 0.3) is 11.8 Å². The number of ether oxygens (including phenoxy) is 1. The average molecular weight is 612 g/mol. The summed E-state index contributed by atoms with van der Waals surface area (Å²) in [6, 6.07) is 26.2. The predicted octanol–water partition coefficient (Wildman–Crippen LogP) is 5.63. The van der Waals surface area contributed by atoms with Crippen molar-refractivity contribution in [3.63, 3.8) is 0 Å². The zero-order chi connectivity index (χ0) is 31.6. The molecule has 0 aliphatic rings. The summed E-state index contributed by atoms with van der Waals surface area (Å²) in [5, 5.41) is 26.5. The second-order valence-corrected chi connectivity index (χ2v) is 10.8. The molecule has 0 saturated carbocycles. The summed E-state index contributed by atoms with van der Waals surface area (Å²) >= 11 is 1.22. The number of para-hydroxylation sites is 1. The smallest absolute Gasteiger partial charge is 0.339 e. The molecule has 0 radical (unpaired) electrons. The number of benzene rings is 4. The molecule has 10 nitrogen and oxygen atoms in total. The number of hydrogen-bond donors (Lipinski definition) is 5. The van der Waals surface area contributed by atoms with E-state index in [1.165, 1.54) is 43.1 Å². The number of hydrogen-bond acceptors (Lipinski definition) is 7. The van der Waals surface area contributed by atoms with Crippen LogP contribution in [0.3, 0.4) is 0 Å². The van der Waals surface area contributed by atoms with Gasteiger partial charge in [0.15, 0.2) is 0 Å². The maximum Gasteiger partial charge on any atom is 0.339 e. The maximum atomic E-state index is 13.5. The fraction of sp³-hybridized carbons (Fsp3) is 0.0909. The molecule has 4 rings (SSSR count). The third-order valence-electron chi connectivity index (χ3n) is 6.24. The zero-order valence-electron chi connectivity index (χ0n) is 23.7. The Kier molecular flexibility index (Phi) is 10.4. The lowest BCUT2D eigenvalue weighted by Gasteiger charge is -2.15. The van der Waals surface area contributed by atoms with E-state index in [0.717, 1.165) is 0 Å². The molecular formula is C33H29N3O7S. The number of carboxylic acid groups (broad SMARTS) is 1. The van der Waals surface area contributed by atoms with Crippen LogP contribution in [0.15, 0.2) is 108 Å². The van der Waals surface area contributed by atoms with E-state index in [2.05, 4.69) is 16.0 Å². The van der Waals surface area contributed by atoms with Gasteiger partial charge >= 0.3 is 5.97 Å². The van der Waals surface area contributed by atoms with Gasteiger partial charge in [-0.3, -0.25) is 14.4 Å². The van der Waals surface area contributed by atoms with Crippen LogP contribution in [0.25, 0.3) is 6.08 Å². The lowest BCUT2D eigenvalue weighted by Crippen LogP contribution is -2.30. The molecule has 0 aromatic heterocycles. The third kappa shape index (κ3) is 8.26. The topological polar surface area (TPSA) is 154 Å². The second-order valence-electron chi connectivity index (χ2n) is 9.39. The minimum absolute atomic E-state index is 0.0104. The Balaban J connectivity index is 1.49. The number of phenols is 1. The van der Waals surface area contributed by atoms with Gasteiger partial charge in [-0.25, -0.2) is 4.79 Å². The van der Waals surface area contributed by atoms with Gasteiger partial charge in [-0.1, -0.05) is 42.5 Å². The van der Waals surface area contributed by atoms with Crippen LogP contribution >= 0.6 is 11.8 Å². The number of carbonyl (C=O) groups excluding carboxylic acids is 3. The molecule has 3 amide bonds. The lowest BCUT2D eigenvalue weighted by molar-refractivity contribution is -0.115. The number of carbonyl (C=O) groups is 4. The Bertz CT molecular complexity index is 1720. The summed E-state index contributed by atoms with van der Waals surface area (Å²) in [7, 11) is 1.51. The summed E-state index contributed by atoms with van der Waals surface area (Å²) in [6.07, 6.45) is 1.53. The Hall–Kier alpha value is -5.55. The standard InChI is InChI=1S/C33H29N3O7S/c1-20(30(38)34-24-15-16-28(37)26(19-24)33(41)42)44-25-13-8-12-23(18-25)35-32(40)27(17-22-11-6-7-14-29(22)43-2)36-31(39)21-9-4-3-5-10-21/h3-20,37H,1-2H3,(H,34,38)(H,35,40)(H,36,39)(H,41,42)/b27-17+. The number of rotatable bonds is 11. The van der Waals surface area contributed by atoms with Crippen LogP contribution in [0.4, 0.5) is 11.4 Å². The zero-order valence-corrected chi connectivity index (χ0v) is 24.6. The van der Waals surface area contributed by atoms with Gasteiger partial charge in [0.05, 0.1) is 12.4 Å². The summed E-state index contributed by atoms with van der Waals surface area (Å²) in [5.41, 5.74) is 1.28. The number of carboxylic acids is 1. The van der Waals surface area contributed by atoms with Crippen molar-refractivity contribution in [2.45, 2.75) is 17.1 Å². The van der Waals surface area contributed by atoms with Crippen molar-refractivity contribution in [2.75, 3.05) is 17.7 Å². The van der Waals surface area contributed by atoms with E-state index in [1.807, 2.05) is 0 Å². The first-order valence-electron chi connectivity index (χ1n) is 13.3. The van der Waals surface area contributed by atoms with Crippen LogP contribution in [-0.2, 0) is 9.59 Å². The van der Waals surface area contributed by atoms with Crippen LogP contribution in [-0.4, -0.2) is 46.3 Å². The van der Waals surface area contributed by atoms with E-state index in [4.69, 9.17) is 4.74 Å². The molecule has 1 atom stereocenters. The highest BCUT2D eigenvalue weighted by Crippen LogP contribution is 2.28. The molecule has 11 heteroatoms. The highest BCUT2D eigenvalue weighted by molar-refractivity contribution is 8.00. The Labute approximate surface area is 257 Å². The van der Waals surface area contributed by atoms with Crippen molar-refractivity contribution >= 4 is 52.9 Å². The summed E-state index contributed by atoms with van der Waals surface area (Å²) in [4.78, 5) is 51.2. The molecular weight excluding hydrogens is 582 g/mol. The molecule has 0 fully saturated rings. The Morgan fingerprint density at radius 3 is 2.27 bits per heavy atom. The highest BCUT2D eigenvalue weighted by Gasteiger charge is 2.19. The first kappa shape index (κ1) is 31.4. The average Bonchev–Trinajstić information content (AvgIpc) is 3.02.